The number of nitrogens with zero attached hydrogens (tertiary/aromatic N) is 6. The third kappa shape index (κ3) is 5.70. The van der Waals surface area contributed by atoms with E-state index in [-0.39, 0.29) is 49.6 Å². The molecule has 12 nitrogen and oxygen atoms in total. The number of carbonyl (C=O) groups excluding carboxylic acids is 1. The molecule has 8 rings (SSSR count). The lowest BCUT2D eigenvalue weighted by Gasteiger charge is -2.32. The van der Waals surface area contributed by atoms with Crippen LogP contribution in [-0.4, -0.2) is 107 Å². The predicted molar refractivity (Wildman–Crippen MR) is 161 cm³/mol. The summed E-state index contributed by atoms with van der Waals surface area (Å²) in [4.78, 5) is 30.3. The summed E-state index contributed by atoms with van der Waals surface area (Å²) >= 11 is 6.74. The minimum absolute atomic E-state index is 0.00925. The molecule has 4 aliphatic rings. The van der Waals surface area contributed by atoms with Crippen molar-refractivity contribution in [1.29, 1.82) is 0 Å². The van der Waals surface area contributed by atoms with Crippen LogP contribution in [0, 0.1) is 5.82 Å². The summed E-state index contributed by atoms with van der Waals surface area (Å²) in [6, 6.07) is 1.46. The number of fused-ring (bicyclic) bond motifs is 7. The molecular weight excluding hydrogens is 612 g/mol. The number of likely N-dealkylation sites (N-methyl/N-ethyl adjacent to an activating group) is 1. The van der Waals surface area contributed by atoms with Crippen molar-refractivity contribution in [3.8, 4) is 17.3 Å². The van der Waals surface area contributed by atoms with Crippen LogP contribution in [0.15, 0.2) is 18.5 Å². The van der Waals surface area contributed by atoms with Gasteiger partial charge in [-0.25, -0.2) is 13.6 Å². The number of pyridine rings is 1. The van der Waals surface area contributed by atoms with E-state index >= 15 is 4.39 Å². The summed E-state index contributed by atoms with van der Waals surface area (Å²) in [6.07, 6.45) is 2.40. The molecule has 0 aliphatic carbocycles. The number of alkyl halides is 1. The Balaban J connectivity index is 1.42. The van der Waals surface area contributed by atoms with Crippen LogP contribution in [-0.2, 0) is 20.6 Å². The number of carbonyl (C=O) groups is 1. The monoisotopic (exact) mass is 643 g/mol. The number of ether oxygens (including phenoxy) is 4. The standard InChI is InChI=1S/C30H32ClF2N7O5/c1-30-14-40(5-7-42-15-30)27-20-10-34-26(24(33)25(20)36-28(37-27)44-13-17-8-16(32)12-39(17)2)23-18(4-3-6-43-29(41)45-30)21(31)9-22-19(23)11-35-38-22/h9-11,16-17H,3-8,12-15H2,1-2H3,(H,35,38)/t16-,17+,30+/m1/s1. The Hall–Kier alpha value is -3.88. The second-order valence-corrected chi connectivity index (χ2v) is 12.4. The lowest BCUT2D eigenvalue weighted by Crippen LogP contribution is -2.46. The fourth-order valence-electron chi connectivity index (χ4n) is 6.36. The molecule has 3 aromatic heterocycles. The molecule has 4 aromatic rings. The molecule has 45 heavy (non-hydrogen) atoms. The van der Waals surface area contributed by atoms with Gasteiger partial charge in [0.05, 0.1) is 43.5 Å². The summed E-state index contributed by atoms with van der Waals surface area (Å²) < 4.78 is 54.0. The third-order valence-corrected chi connectivity index (χ3v) is 8.92. The van der Waals surface area contributed by atoms with Gasteiger partial charge in [-0.2, -0.15) is 15.1 Å². The van der Waals surface area contributed by atoms with Crippen molar-refractivity contribution in [3.05, 3.63) is 34.9 Å². The van der Waals surface area contributed by atoms with Gasteiger partial charge in [0.1, 0.15) is 29.8 Å². The topological polar surface area (TPSA) is 128 Å². The molecule has 238 valence electrons. The zero-order valence-electron chi connectivity index (χ0n) is 24.8. The highest BCUT2D eigenvalue weighted by atomic mass is 35.5. The van der Waals surface area contributed by atoms with Gasteiger partial charge in [0.2, 0.25) is 0 Å². The minimum Gasteiger partial charge on any atom is -0.462 e. The average molecular weight is 644 g/mol. The quantitative estimate of drug-likeness (QED) is 0.318. The van der Waals surface area contributed by atoms with Crippen LogP contribution in [0.4, 0.5) is 19.4 Å². The fourth-order valence-corrected chi connectivity index (χ4v) is 6.66. The highest BCUT2D eigenvalue weighted by molar-refractivity contribution is 6.33. The first kappa shape index (κ1) is 29.8. The smallest absolute Gasteiger partial charge is 0.462 e. The molecule has 0 radical (unpaired) electrons. The maximum absolute atomic E-state index is 16.9. The maximum atomic E-state index is 16.9. The van der Waals surface area contributed by atoms with Gasteiger partial charge in [-0.15, -0.1) is 0 Å². The first-order valence-electron chi connectivity index (χ1n) is 14.9. The molecule has 7 heterocycles. The van der Waals surface area contributed by atoms with Crippen molar-refractivity contribution in [3.63, 3.8) is 0 Å². The number of H-pyrrole nitrogens is 1. The van der Waals surface area contributed by atoms with Crippen molar-refractivity contribution >= 4 is 45.4 Å². The molecule has 0 spiro atoms. The van der Waals surface area contributed by atoms with Crippen molar-refractivity contribution in [2.75, 3.05) is 58.0 Å². The Morgan fingerprint density at radius 1 is 1.24 bits per heavy atom. The van der Waals surface area contributed by atoms with E-state index < -0.39 is 23.7 Å². The van der Waals surface area contributed by atoms with E-state index in [9.17, 15) is 9.18 Å². The van der Waals surface area contributed by atoms with Crippen LogP contribution in [0.3, 0.4) is 0 Å². The number of likely N-dealkylation sites (tertiary alicyclic amines) is 1. The van der Waals surface area contributed by atoms with Gasteiger partial charge >= 0.3 is 12.2 Å². The number of aromatic amines is 1. The molecule has 0 unspecified atom stereocenters. The Labute approximate surface area is 261 Å². The van der Waals surface area contributed by atoms with Crippen LogP contribution in [0.25, 0.3) is 33.1 Å². The summed E-state index contributed by atoms with van der Waals surface area (Å²) in [6.45, 7) is 3.14. The first-order chi connectivity index (χ1) is 21.7. The number of nitrogens with one attached hydrogen (secondary N) is 1. The average Bonchev–Trinajstić information content (AvgIpc) is 3.54. The van der Waals surface area contributed by atoms with E-state index in [4.69, 9.17) is 35.5 Å². The largest absolute Gasteiger partial charge is 0.508 e. The lowest BCUT2D eigenvalue weighted by atomic mass is 9.95. The fraction of sp³-hybridized carbons (Fsp3) is 0.500. The minimum atomic E-state index is -1.11. The Kier molecular flexibility index (Phi) is 7.82. The predicted octanol–water partition coefficient (Wildman–Crippen LogP) is 4.48. The lowest BCUT2D eigenvalue weighted by molar-refractivity contribution is -0.0575. The first-order valence-corrected chi connectivity index (χ1v) is 15.2. The van der Waals surface area contributed by atoms with Crippen LogP contribution >= 0.6 is 11.6 Å². The molecule has 1 N–H and O–H groups in total. The zero-order chi connectivity index (χ0) is 31.3. The van der Waals surface area contributed by atoms with E-state index in [0.717, 1.165) is 0 Å². The summed E-state index contributed by atoms with van der Waals surface area (Å²) in [5.74, 6) is -0.353. The third-order valence-electron chi connectivity index (χ3n) is 8.58. The van der Waals surface area contributed by atoms with E-state index in [1.165, 1.54) is 6.20 Å². The van der Waals surface area contributed by atoms with Gasteiger partial charge in [-0.3, -0.25) is 15.0 Å². The van der Waals surface area contributed by atoms with Gasteiger partial charge in [0.25, 0.3) is 0 Å². The van der Waals surface area contributed by atoms with Crippen molar-refractivity contribution in [2.24, 2.45) is 0 Å². The van der Waals surface area contributed by atoms with E-state index in [2.05, 4.69) is 20.2 Å². The number of anilines is 1. The normalized spacial score (nSPS) is 24.6. The second-order valence-electron chi connectivity index (χ2n) is 12.0. The zero-order valence-corrected chi connectivity index (χ0v) is 25.6. The number of rotatable bonds is 3. The Morgan fingerprint density at radius 2 is 2.11 bits per heavy atom. The molecule has 2 saturated heterocycles. The van der Waals surface area contributed by atoms with Gasteiger partial charge < -0.3 is 23.8 Å². The Bertz CT molecular complexity index is 1780. The summed E-state index contributed by atoms with van der Waals surface area (Å²) in [7, 11) is 1.83. The Morgan fingerprint density at radius 3 is 2.93 bits per heavy atom. The number of hydrogen-bond donors (Lipinski definition) is 1. The molecule has 6 bridgehead atoms. The van der Waals surface area contributed by atoms with Gasteiger partial charge in [-0.1, -0.05) is 11.6 Å². The second kappa shape index (κ2) is 11.8. The summed E-state index contributed by atoms with van der Waals surface area (Å²) in [5.41, 5.74) is 0.603. The van der Waals surface area contributed by atoms with Crippen molar-refractivity contribution in [2.45, 2.75) is 44.0 Å². The van der Waals surface area contributed by atoms with Crippen LogP contribution in [0.1, 0.15) is 25.3 Å². The van der Waals surface area contributed by atoms with Crippen molar-refractivity contribution in [1.82, 2.24) is 30.0 Å². The SMILES string of the molecule is CN1C[C@H](F)C[C@H]1COc1nc2c3cnc(c(F)c3n1)-c1c(c(Cl)cc3[nH]ncc13)CCCOC(=O)O[C@]1(C)COCCN2C1. The van der Waals surface area contributed by atoms with Gasteiger partial charge in [0, 0.05) is 41.3 Å². The maximum Gasteiger partial charge on any atom is 0.508 e. The molecule has 4 aliphatic heterocycles. The van der Waals surface area contributed by atoms with Crippen LogP contribution in [0.2, 0.25) is 5.02 Å². The molecule has 2 fully saturated rings. The molecule has 3 atom stereocenters. The number of halogens is 3. The van der Waals surface area contributed by atoms with Crippen LogP contribution < -0.4 is 9.64 Å². The highest BCUT2D eigenvalue weighted by Gasteiger charge is 2.37. The van der Waals surface area contributed by atoms with E-state index in [1.54, 1.807) is 19.2 Å². The molecule has 15 heteroatoms. The van der Waals surface area contributed by atoms with E-state index in [0.29, 0.717) is 77.2 Å². The molecule has 0 amide bonds. The molecule has 1 aromatic carbocycles. The summed E-state index contributed by atoms with van der Waals surface area (Å²) in [5, 5.41) is 8.38. The highest BCUT2D eigenvalue weighted by Crippen LogP contribution is 2.40. The number of aromatic nitrogens is 5. The van der Waals surface area contributed by atoms with E-state index in [1.807, 2.05) is 16.8 Å². The van der Waals surface area contributed by atoms with Gasteiger partial charge in [-0.05, 0) is 44.9 Å². The number of hydrogen-bond acceptors (Lipinski definition) is 11. The van der Waals surface area contributed by atoms with Crippen molar-refractivity contribution < 1.29 is 32.5 Å². The van der Waals surface area contributed by atoms with Gasteiger partial charge in [0.15, 0.2) is 11.4 Å². The van der Waals surface area contributed by atoms with Crippen LogP contribution in [0.5, 0.6) is 6.01 Å². The molecule has 0 saturated carbocycles. The number of benzene rings is 1. The molecular formula is C30H32ClF2N7O5.